The van der Waals surface area contributed by atoms with Crippen LogP contribution in [0.25, 0.3) is 0 Å². The number of aromatic hydroxyl groups is 1. The maximum Gasteiger partial charge on any atom is 0.411 e. The summed E-state index contributed by atoms with van der Waals surface area (Å²) >= 11 is 3.28. The van der Waals surface area contributed by atoms with Crippen LogP contribution in [0.15, 0.2) is 46.9 Å². The number of anilines is 2. The van der Waals surface area contributed by atoms with E-state index in [9.17, 15) is 9.90 Å². The Morgan fingerprint density at radius 1 is 1.19 bits per heavy atom. The van der Waals surface area contributed by atoms with E-state index in [-0.39, 0.29) is 5.75 Å². The topological polar surface area (TPSA) is 70.6 Å². The summed E-state index contributed by atoms with van der Waals surface area (Å²) < 4.78 is 5.19. The molecule has 0 aliphatic heterocycles. The van der Waals surface area contributed by atoms with Gasteiger partial charge in [0.2, 0.25) is 0 Å². The summed E-state index contributed by atoms with van der Waals surface area (Å²) in [6.45, 7) is 0.628. The number of carbonyl (C=O) groups excluding carboxylic acids is 1. The van der Waals surface area contributed by atoms with Gasteiger partial charge in [0.1, 0.15) is 5.75 Å². The van der Waals surface area contributed by atoms with Crippen molar-refractivity contribution >= 4 is 33.4 Å². The number of rotatable bonds is 4. The monoisotopic (exact) mass is 350 g/mol. The minimum atomic E-state index is -0.496. The predicted molar refractivity (Wildman–Crippen MR) is 85.6 cm³/mol. The summed E-state index contributed by atoms with van der Waals surface area (Å²) in [4.78, 5) is 11.1. The highest BCUT2D eigenvalue weighted by atomic mass is 79.9. The molecule has 0 heterocycles. The van der Waals surface area contributed by atoms with E-state index in [2.05, 4.69) is 31.3 Å². The first-order valence-corrected chi connectivity index (χ1v) is 7.04. The van der Waals surface area contributed by atoms with Gasteiger partial charge in [0.05, 0.1) is 11.6 Å². The number of phenols is 1. The molecule has 2 aromatic rings. The van der Waals surface area contributed by atoms with Gasteiger partial charge in [-0.05, 0) is 57.9 Å². The quantitative estimate of drug-likeness (QED) is 0.780. The van der Waals surface area contributed by atoms with E-state index in [4.69, 9.17) is 0 Å². The van der Waals surface area contributed by atoms with Crippen LogP contribution in [0, 0.1) is 0 Å². The number of phenolic OH excluding ortho intramolecular Hbond substituents is 1. The standard InChI is InChI=1S/C15H15BrN2O3/c1-21-15(20)18-12-5-3-11(4-6-12)17-9-10-2-7-14(19)13(16)8-10/h2-8,17,19H,9H2,1H3,(H,18,20). The molecule has 0 aliphatic carbocycles. The van der Waals surface area contributed by atoms with E-state index in [1.54, 1.807) is 18.2 Å². The van der Waals surface area contributed by atoms with Gasteiger partial charge >= 0.3 is 6.09 Å². The van der Waals surface area contributed by atoms with Crippen LogP contribution in [0.1, 0.15) is 5.56 Å². The van der Waals surface area contributed by atoms with Crippen molar-refractivity contribution in [1.82, 2.24) is 0 Å². The molecule has 5 nitrogen and oxygen atoms in total. The van der Waals surface area contributed by atoms with E-state index in [0.29, 0.717) is 16.7 Å². The van der Waals surface area contributed by atoms with Gasteiger partial charge in [-0.2, -0.15) is 0 Å². The van der Waals surface area contributed by atoms with Gasteiger partial charge in [-0.3, -0.25) is 5.32 Å². The molecular formula is C15H15BrN2O3. The van der Waals surface area contributed by atoms with Crippen LogP contribution in [0.2, 0.25) is 0 Å². The molecule has 0 saturated heterocycles. The number of nitrogens with one attached hydrogen (secondary N) is 2. The molecule has 21 heavy (non-hydrogen) atoms. The fourth-order valence-electron chi connectivity index (χ4n) is 1.70. The van der Waals surface area contributed by atoms with Crippen LogP contribution in [0.5, 0.6) is 5.75 Å². The van der Waals surface area contributed by atoms with E-state index in [0.717, 1.165) is 11.3 Å². The average molecular weight is 351 g/mol. The summed E-state index contributed by atoms with van der Waals surface area (Å²) in [5.74, 6) is 0.219. The van der Waals surface area contributed by atoms with Crippen molar-refractivity contribution in [2.24, 2.45) is 0 Å². The molecular weight excluding hydrogens is 336 g/mol. The second-order valence-electron chi connectivity index (χ2n) is 4.33. The van der Waals surface area contributed by atoms with E-state index < -0.39 is 6.09 Å². The molecule has 1 amide bonds. The van der Waals surface area contributed by atoms with Crippen molar-refractivity contribution in [1.29, 1.82) is 0 Å². The van der Waals surface area contributed by atoms with Gasteiger partial charge < -0.3 is 15.2 Å². The third-order valence-corrected chi connectivity index (χ3v) is 3.46. The van der Waals surface area contributed by atoms with Gasteiger partial charge in [0.15, 0.2) is 0 Å². The fraction of sp³-hybridized carbons (Fsp3) is 0.133. The van der Waals surface area contributed by atoms with Crippen molar-refractivity contribution in [3.8, 4) is 5.75 Å². The van der Waals surface area contributed by atoms with Gasteiger partial charge in [-0.25, -0.2) is 4.79 Å². The maximum atomic E-state index is 11.1. The van der Waals surface area contributed by atoms with E-state index in [1.165, 1.54) is 7.11 Å². The van der Waals surface area contributed by atoms with Gasteiger partial charge in [-0.1, -0.05) is 6.07 Å². The van der Waals surface area contributed by atoms with Crippen molar-refractivity contribution in [3.63, 3.8) is 0 Å². The zero-order valence-corrected chi connectivity index (χ0v) is 13.0. The molecule has 0 aromatic heterocycles. The Kier molecular flexibility index (Phi) is 5.05. The van der Waals surface area contributed by atoms with Crippen molar-refractivity contribution < 1.29 is 14.6 Å². The zero-order valence-electron chi connectivity index (χ0n) is 11.4. The Hall–Kier alpha value is -2.21. The molecule has 3 N–H and O–H groups in total. The van der Waals surface area contributed by atoms with Gasteiger partial charge in [0, 0.05) is 17.9 Å². The molecule has 0 radical (unpaired) electrons. The number of hydrogen-bond acceptors (Lipinski definition) is 4. The smallest absolute Gasteiger partial charge is 0.411 e. The highest BCUT2D eigenvalue weighted by Crippen LogP contribution is 2.24. The Balaban J connectivity index is 1.94. The first-order valence-electron chi connectivity index (χ1n) is 6.25. The summed E-state index contributed by atoms with van der Waals surface area (Å²) in [6, 6.07) is 12.6. The first-order chi connectivity index (χ1) is 10.1. The molecule has 6 heteroatoms. The Labute approximate surface area is 131 Å². The lowest BCUT2D eigenvalue weighted by Gasteiger charge is -2.09. The molecule has 2 aromatic carbocycles. The molecule has 0 spiro atoms. The molecule has 0 aliphatic rings. The highest BCUT2D eigenvalue weighted by Gasteiger charge is 2.02. The van der Waals surface area contributed by atoms with Crippen LogP contribution < -0.4 is 10.6 Å². The lowest BCUT2D eigenvalue weighted by Crippen LogP contribution is -2.10. The van der Waals surface area contributed by atoms with Crippen LogP contribution in [-0.2, 0) is 11.3 Å². The highest BCUT2D eigenvalue weighted by molar-refractivity contribution is 9.10. The minimum Gasteiger partial charge on any atom is -0.507 e. The lowest BCUT2D eigenvalue weighted by molar-refractivity contribution is 0.187. The Morgan fingerprint density at radius 3 is 2.48 bits per heavy atom. The molecule has 0 unspecified atom stereocenters. The van der Waals surface area contributed by atoms with Crippen molar-refractivity contribution in [3.05, 3.63) is 52.5 Å². The number of methoxy groups -OCH3 is 1. The second kappa shape index (κ2) is 6.99. The van der Waals surface area contributed by atoms with Gasteiger partial charge in [0.25, 0.3) is 0 Å². The lowest BCUT2D eigenvalue weighted by atomic mass is 10.2. The maximum absolute atomic E-state index is 11.1. The molecule has 2 rings (SSSR count). The largest absolute Gasteiger partial charge is 0.507 e. The molecule has 110 valence electrons. The summed E-state index contributed by atoms with van der Waals surface area (Å²) in [7, 11) is 1.32. The van der Waals surface area contributed by atoms with Gasteiger partial charge in [-0.15, -0.1) is 0 Å². The van der Waals surface area contributed by atoms with E-state index in [1.807, 2.05) is 24.3 Å². The Bertz CT molecular complexity index is 629. The molecule has 0 saturated carbocycles. The van der Waals surface area contributed by atoms with Crippen molar-refractivity contribution in [2.45, 2.75) is 6.54 Å². The predicted octanol–water partition coefficient (Wildman–Crippen LogP) is 3.95. The SMILES string of the molecule is COC(=O)Nc1ccc(NCc2ccc(O)c(Br)c2)cc1. The van der Waals surface area contributed by atoms with Crippen LogP contribution >= 0.6 is 15.9 Å². The van der Waals surface area contributed by atoms with Crippen LogP contribution in [0.4, 0.5) is 16.2 Å². The molecule has 0 bridgehead atoms. The number of benzene rings is 2. The normalized spacial score (nSPS) is 10.0. The second-order valence-corrected chi connectivity index (χ2v) is 5.19. The van der Waals surface area contributed by atoms with Crippen LogP contribution in [0.3, 0.4) is 0 Å². The molecule has 0 atom stereocenters. The first kappa shape index (κ1) is 15.2. The fourth-order valence-corrected chi connectivity index (χ4v) is 2.13. The number of ether oxygens (including phenoxy) is 1. The van der Waals surface area contributed by atoms with E-state index >= 15 is 0 Å². The third kappa shape index (κ3) is 4.39. The average Bonchev–Trinajstić information content (AvgIpc) is 2.50. The molecule has 0 fully saturated rings. The Morgan fingerprint density at radius 2 is 1.86 bits per heavy atom. The summed E-state index contributed by atoms with van der Waals surface area (Å²) in [6.07, 6.45) is -0.496. The summed E-state index contributed by atoms with van der Waals surface area (Å²) in [5.41, 5.74) is 2.63. The number of hydrogen-bond donors (Lipinski definition) is 3. The summed E-state index contributed by atoms with van der Waals surface area (Å²) in [5, 5.41) is 15.3. The minimum absolute atomic E-state index is 0.219. The number of carbonyl (C=O) groups is 1. The zero-order chi connectivity index (χ0) is 15.2. The van der Waals surface area contributed by atoms with Crippen molar-refractivity contribution in [2.75, 3.05) is 17.7 Å². The number of halogens is 1. The third-order valence-electron chi connectivity index (χ3n) is 2.83. The van der Waals surface area contributed by atoms with Crippen LogP contribution in [-0.4, -0.2) is 18.3 Å². The number of amides is 1.